The standard InChI is InChI=1S/C18H13N5/c1-2-4-15-13(3-1)17-18-14(7-10-23(18)21-11-20-17)16(22-15)12-5-8-19-9-6-12/h1-11,16,22H. The van der Waals surface area contributed by atoms with Gasteiger partial charge in [-0.05, 0) is 29.8 Å². The van der Waals surface area contributed by atoms with Gasteiger partial charge in [0, 0.05) is 35.4 Å². The smallest absolute Gasteiger partial charge is 0.137 e. The van der Waals surface area contributed by atoms with Gasteiger partial charge in [0.05, 0.1) is 11.6 Å². The Balaban J connectivity index is 1.87. The molecule has 5 nitrogen and oxygen atoms in total. The van der Waals surface area contributed by atoms with E-state index in [0.29, 0.717) is 0 Å². The molecule has 5 heteroatoms. The van der Waals surface area contributed by atoms with Crippen LogP contribution < -0.4 is 5.32 Å². The summed E-state index contributed by atoms with van der Waals surface area (Å²) < 4.78 is 1.90. The molecular weight excluding hydrogens is 286 g/mol. The van der Waals surface area contributed by atoms with Gasteiger partial charge >= 0.3 is 0 Å². The first kappa shape index (κ1) is 12.3. The van der Waals surface area contributed by atoms with E-state index < -0.39 is 0 Å². The SMILES string of the molecule is c1ccc2c(c1)NC(c1ccncc1)c1ccn3ncnc-2c13. The number of pyridine rings is 1. The molecule has 110 valence electrons. The Hall–Kier alpha value is -3.21. The first-order chi connectivity index (χ1) is 11.4. The molecule has 0 fully saturated rings. The van der Waals surface area contributed by atoms with Crippen LogP contribution >= 0.6 is 0 Å². The maximum atomic E-state index is 4.55. The summed E-state index contributed by atoms with van der Waals surface area (Å²) in [7, 11) is 0. The molecule has 5 rings (SSSR count). The highest BCUT2D eigenvalue weighted by molar-refractivity contribution is 5.89. The summed E-state index contributed by atoms with van der Waals surface area (Å²) in [6.45, 7) is 0. The summed E-state index contributed by atoms with van der Waals surface area (Å²) >= 11 is 0. The third-order valence-electron chi connectivity index (χ3n) is 4.32. The predicted octanol–water partition coefficient (Wildman–Crippen LogP) is 3.31. The summed E-state index contributed by atoms with van der Waals surface area (Å²) in [4.78, 5) is 8.69. The largest absolute Gasteiger partial charge is 0.374 e. The fourth-order valence-corrected chi connectivity index (χ4v) is 3.28. The number of fused-ring (bicyclic) bond motifs is 2. The fourth-order valence-electron chi connectivity index (χ4n) is 3.28. The quantitative estimate of drug-likeness (QED) is 0.586. The lowest BCUT2D eigenvalue weighted by Crippen LogP contribution is -2.11. The van der Waals surface area contributed by atoms with Crippen molar-refractivity contribution in [2.75, 3.05) is 5.32 Å². The molecule has 0 saturated carbocycles. The van der Waals surface area contributed by atoms with Gasteiger partial charge in [-0.25, -0.2) is 9.50 Å². The van der Waals surface area contributed by atoms with Crippen LogP contribution in [0.4, 0.5) is 5.69 Å². The lowest BCUT2D eigenvalue weighted by atomic mass is 10.0. The average Bonchev–Trinajstić information content (AvgIpc) is 2.98. The van der Waals surface area contributed by atoms with Crippen molar-refractivity contribution in [1.29, 1.82) is 0 Å². The predicted molar refractivity (Wildman–Crippen MR) is 88.1 cm³/mol. The van der Waals surface area contributed by atoms with Crippen LogP contribution in [0.15, 0.2) is 67.4 Å². The topological polar surface area (TPSA) is 55.1 Å². The van der Waals surface area contributed by atoms with Gasteiger partial charge in [-0.3, -0.25) is 4.98 Å². The van der Waals surface area contributed by atoms with Crippen molar-refractivity contribution in [2.24, 2.45) is 0 Å². The molecule has 1 N–H and O–H groups in total. The van der Waals surface area contributed by atoms with Crippen LogP contribution in [0.25, 0.3) is 16.8 Å². The summed E-state index contributed by atoms with van der Waals surface area (Å²) in [5, 5.41) is 8.01. The Labute approximate surface area is 132 Å². The van der Waals surface area contributed by atoms with Crippen LogP contribution in [-0.2, 0) is 0 Å². The maximum Gasteiger partial charge on any atom is 0.137 e. The molecule has 3 aromatic heterocycles. The fraction of sp³-hybridized carbons (Fsp3) is 0.0556. The van der Waals surface area contributed by atoms with E-state index in [-0.39, 0.29) is 6.04 Å². The molecule has 1 aliphatic rings. The number of benzene rings is 1. The molecule has 1 aliphatic heterocycles. The number of hydrogen-bond acceptors (Lipinski definition) is 4. The molecule has 1 aromatic carbocycles. The molecule has 23 heavy (non-hydrogen) atoms. The van der Waals surface area contributed by atoms with Gasteiger partial charge < -0.3 is 5.32 Å². The summed E-state index contributed by atoms with van der Waals surface area (Å²) in [6.07, 6.45) is 7.24. The van der Waals surface area contributed by atoms with Crippen molar-refractivity contribution in [2.45, 2.75) is 6.04 Å². The third-order valence-corrected chi connectivity index (χ3v) is 4.32. The molecule has 4 aromatic rings. The Bertz CT molecular complexity index is 1010. The second-order valence-corrected chi connectivity index (χ2v) is 5.58. The van der Waals surface area contributed by atoms with E-state index in [0.717, 1.165) is 22.5 Å². The first-order valence-electron chi connectivity index (χ1n) is 7.50. The molecule has 0 amide bonds. The highest BCUT2D eigenvalue weighted by Gasteiger charge is 2.26. The molecular formula is C18H13N5. The van der Waals surface area contributed by atoms with Crippen molar-refractivity contribution in [1.82, 2.24) is 19.6 Å². The molecule has 0 saturated heterocycles. The highest BCUT2D eigenvalue weighted by Crippen LogP contribution is 2.40. The van der Waals surface area contributed by atoms with Crippen LogP contribution in [-0.4, -0.2) is 19.6 Å². The zero-order chi connectivity index (χ0) is 15.2. The van der Waals surface area contributed by atoms with Crippen molar-refractivity contribution in [3.05, 3.63) is 78.5 Å². The monoisotopic (exact) mass is 299 g/mol. The van der Waals surface area contributed by atoms with E-state index in [2.05, 4.69) is 38.6 Å². The van der Waals surface area contributed by atoms with E-state index >= 15 is 0 Å². The van der Waals surface area contributed by atoms with Crippen LogP contribution in [0.2, 0.25) is 0 Å². The molecule has 0 radical (unpaired) electrons. The second-order valence-electron chi connectivity index (χ2n) is 5.58. The van der Waals surface area contributed by atoms with Crippen molar-refractivity contribution in [3.63, 3.8) is 0 Å². The molecule has 1 atom stereocenters. The minimum absolute atomic E-state index is 0.0383. The van der Waals surface area contributed by atoms with Gasteiger partial charge in [0.2, 0.25) is 0 Å². The Morgan fingerprint density at radius 1 is 1.00 bits per heavy atom. The number of nitrogens with one attached hydrogen (secondary N) is 1. The Kier molecular flexibility index (Phi) is 2.49. The van der Waals surface area contributed by atoms with Gasteiger partial charge in [-0.1, -0.05) is 18.2 Å². The minimum atomic E-state index is 0.0383. The number of anilines is 1. The van der Waals surface area contributed by atoms with Crippen molar-refractivity contribution < 1.29 is 0 Å². The van der Waals surface area contributed by atoms with Gasteiger partial charge in [0.1, 0.15) is 12.0 Å². The molecule has 0 bridgehead atoms. The number of aromatic nitrogens is 4. The Morgan fingerprint density at radius 3 is 2.78 bits per heavy atom. The molecule has 1 unspecified atom stereocenters. The minimum Gasteiger partial charge on any atom is -0.374 e. The molecule has 0 spiro atoms. The zero-order valence-electron chi connectivity index (χ0n) is 12.2. The Morgan fingerprint density at radius 2 is 1.87 bits per heavy atom. The van der Waals surface area contributed by atoms with Crippen molar-refractivity contribution >= 4 is 11.2 Å². The van der Waals surface area contributed by atoms with E-state index in [1.54, 1.807) is 6.33 Å². The lowest BCUT2D eigenvalue weighted by molar-refractivity contribution is 0.898. The van der Waals surface area contributed by atoms with Crippen LogP contribution in [0, 0.1) is 0 Å². The lowest BCUT2D eigenvalue weighted by Gasteiger charge is -2.19. The maximum absolute atomic E-state index is 4.55. The van der Waals surface area contributed by atoms with Gasteiger partial charge in [0.15, 0.2) is 0 Å². The van der Waals surface area contributed by atoms with E-state index in [4.69, 9.17) is 0 Å². The summed E-state index contributed by atoms with van der Waals surface area (Å²) in [5.41, 5.74) is 6.51. The van der Waals surface area contributed by atoms with E-state index in [9.17, 15) is 0 Å². The van der Waals surface area contributed by atoms with Crippen molar-refractivity contribution in [3.8, 4) is 11.3 Å². The summed E-state index contributed by atoms with van der Waals surface area (Å²) in [6, 6.07) is 14.5. The van der Waals surface area contributed by atoms with E-state index in [1.807, 2.05) is 47.4 Å². The average molecular weight is 299 g/mol. The third kappa shape index (κ3) is 1.76. The van der Waals surface area contributed by atoms with Gasteiger partial charge in [0.25, 0.3) is 0 Å². The van der Waals surface area contributed by atoms with Crippen LogP contribution in [0.3, 0.4) is 0 Å². The normalized spacial score (nSPS) is 15.7. The number of para-hydroxylation sites is 1. The molecule has 0 aliphatic carbocycles. The zero-order valence-corrected chi connectivity index (χ0v) is 12.2. The summed E-state index contributed by atoms with van der Waals surface area (Å²) in [5.74, 6) is 0. The highest BCUT2D eigenvalue weighted by atomic mass is 15.2. The first-order valence-corrected chi connectivity index (χ1v) is 7.50. The number of nitrogens with zero attached hydrogens (tertiary/aromatic N) is 4. The number of rotatable bonds is 1. The van der Waals surface area contributed by atoms with E-state index in [1.165, 1.54) is 11.1 Å². The second kappa shape index (κ2) is 4.64. The van der Waals surface area contributed by atoms with Gasteiger partial charge in [-0.15, -0.1) is 0 Å². The van der Waals surface area contributed by atoms with Crippen LogP contribution in [0.1, 0.15) is 17.2 Å². The van der Waals surface area contributed by atoms with Gasteiger partial charge in [-0.2, -0.15) is 5.10 Å². The number of hydrogen-bond donors (Lipinski definition) is 1. The van der Waals surface area contributed by atoms with Crippen LogP contribution in [0.5, 0.6) is 0 Å². The molecule has 4 heterocycles.